The molecule has 1 aromatic carbocycles. The number of anilines is 3. The van der Waals surface area contributed by atoms with Crippen LogP contribution in [0.2, 0.25) is 0 Å². The van der Waals surface area contributed by atoms with E-state index in [1.165, 1.54) is 13.3 Å². The summed E-state index contributed by atoms with van der Waals surface area (Å²) < 4.78 is 10.9. The van der Waals surface area contributed by atoms with E-state index in [9.17, 15) is 14.7 Å². The van der Waals surface area contributed by atoms with Gasteiger partial charge in [0.1, 0.15) is 11.6 Å². The predicted molar refractivity (Wildman–Crippen MR) is 136 cm³/mol. The highest BCUT2D eigenvalue weighted by atomic mass is 16.6. The fraction of sp³-hybridized carbons (Fsp3) is 0.269. The van der Waals surface area contributed by atoms with Gasteiger partial charge in [0.05, 0.1) is 5.56 Å². The maximum absolute atomic E-state index is 14.0. The number of methoxy groups -OCH3 is 2. The second kappa shape index (κ2) is 10.2. The zero-order valence-electron chi connectivity index (χ0n) is 20.6. The first kappa shape index (κ1) is 25.6. The van der Waals surface area contributed by atoms with E-state index < -0.39 is 23.6 Å². The lowest BCUT2D eigenvalue weighted by atomic mass is 9.81. The van der Waals surface area contributed by atoms with Crippen LogP contribution in [0.5, 0.6) is 0 Å². The van der Waals surface area contributed by atoms with Crippen molar-refractivity contribution in [2.24, 2.45) is 0 Å². The third-order valence-electron chi connectivity index (χ3n) is 6.24. The molecule has 0 spiro atoms. The Balaban J connectivity index is 2.01. The van der Waals surface area contributed by atoms with Gasteiger partial charge in [0.25, 0.3) is 5.60 Å². The number of nitrogens with zero attached hydrogens (tertiary/aromatic N) is 4. The minimum Gasteiger partial charge on any atom is -0.479 e. The van der Waals surface area contributed by atoms with E-state index in [1.54, 1.807) is 18.0 Å². The largest absolute Gasteiger partial charge is 0.479 e. The zero-order chi connectivity index (χ0) is 26.7. The summed E-state index contributed by atoms with van der Waals surface area (Å²) >= 11 is 0. The molecule has 1 aliphatic heterocycles. The molecule has 0 aliphatic carbocycles. The highest BCUT2D eigenvalue weighted by molar-refractivity contribution is 6.20. The summed E-state index contributed by atoms with van der Waals surface area (Å²) in [5.41, 5.74) is 11.5. The Labute approximate surface area is 213 Å². The molecular formula is C26H26N6O5. The van der Waals surface area contributed by atoms with E-state index in [0.717, 1.165) is 12.7 Å². The zero-order valence-corrected chi connectivity index (χ0v) is 20.6. The fourth-order valence-electron chi connectivity index (χ4n) is 4.43. The van der Waals surface area contributed by atoms with Crippen molar-refractivity contribution in [2.45, 2.75) is 25.2 Å². The van der Waals surface area contributed by atoms with Crippen molar-refractivity contribution < 1.29 is 24.2 Å². The molecule has 0 bridgehead atoms. The number of ether oxygens (including phenoxy) is 2. The molecule has 3 heterocycles. The monoisotopic (exact) mass is 502 g/mol. The lowest BCUT2D eigenvalue weighted by Gasteiger charge is -2.45. The van der Waals surface area contributed by atoms with Gasteiger partial charge in [-0.3, -0.25) is 4.79 Å². The van der Waals surface area contributed by atoms with Crippen molar-refractivity contribution in [1.29, 1.82) is 0 Å². The van der Waals surface area contributed by atoms with Crippen LogP contribution in [-0.2, 0) is 20.7 Å². The second-order valence-electron chi connectivity index (χ2n) is 8.23. The van der Waals surface area contributed by atoms with E-state index in [-0.39, 0.29) is 36.1 Å². The summed E-state index contributed by atoms with van der Waals surface area (Å²) in [7, 11) is 2.48. The van der Waals surface area contributed by atoms with Crippen molar-refractivity contribution >= 4 is 29.3 Å². The molecule has 11 heteroatoms. The third-order valence-corrected chi connectivity index (χ3v) is 6.24. The summed E-state index contributed by atoms with van der Waals surface area (Å²) in [6.45, 7) is 2.08. The van der Waals surface area contributed by atoms with Gasteiger partial charge in [0.15, 0.2) is 6.23 Å². The van der Waals surface area contributed by atoms with Crippen LogP contribution in [0, 0.1) is 11.8 Å². The Morgan fingerprint density at radius 3 is 2.49 bits per heavy atom. The number of nitrogen functional groups attached to an aromatic ring is 2. The summed E-state index contributed by atoms with van der Waals surface area (Å²) in [4.78, 5) is 40.7. The molecule has 0 saturated carbocycles. The molecule has 11 nitrogen and oxygen atoms in total. The Morgan fingerprint density at radius 1 is 1.16 bits per heavy atom. The minimum absolute atomic E-state index is 0.00236. The van der Waals surface area contributed by atoms with E-state index >= 15 is 0 Å². The van der Waals surface area contributed by atoms with Gasteiger partial charge in [-0.2, -0.15) is 4.98 Å². The smallest absolute Gasteiger partial charge is 0.349 e. The van der Waals surface area contributed by atoms with Crippen LogP contribution in [0.3, 0.4) is 0 Å². The van der Waals surface area contributed by atoms with Crippen LogP contribution in [-0.4, -0.2) is 64.4 Å². The number of nitrogens with two attached hydrogens (primary N) is 2. The number of benzene rings is 1. The maximum Gasteiger partial charge on any atom is 0.349 e. The van der Waals surface area contributed by atoms with Crippen molar-refractivity contribution in [3.63, 3.8) is 0 Å². The molecule has 0 fully saturated rings. The number of hydrogen-bond acceptors (Lipinski definition) is 10. The van der Waals surface area contributed by atoms with Crippen LogP contribution in [0.1, 0.15) is 39.5 Å². The van der Waals surface area contributed by atoms with Crippen LogP contribution in [0.4, 0.5) is 17.6 Å². The molecular weight excluding hydrogens is 476 g/mol. The predicted octanol–water partition coefficient (Wildman–Crippen LogP) is 1.49. The van der Waals surface area contributed by atoms with Gasteiger partial charge >= 0.3 is 5.97 Å². The average molecular weight is 503 g/mol. The highest BCUT2D eigenvalue weighted by Gasteiger charge is 2.61. The minimum atomic E-state index is -2.34. The molecule has 0 saturated heterocycles. The number of pyridine rings is 1. The van der Waals surface area contributed by atoms with Gasteiger partial charge in [-0.05, 0) is 24.6 Å². The number of aliphatic carboxylic acids is 1. The molecule has 1 aliphatic rings. The van der Waals surface area contributed by atoms with Gasteiger partial charge < -0.3 is 30.9 Å². The van der Waals surface area contributed by atoms with Gasteiger partial charge in [-0.15, -0.1) is 0 Å². The highest BCUT2D eigenvalue weighted by Crippen LogP contribution is 2.40. The number of carbonyl (C=O) groups is 2. The van der Waals surface area contributed by atoms with Crippen molar-refractivity contribution in [3.05, 3.63) is 70.5 Å². The number of carbonyl (C=O) groups excluding carboxylic acids is 1. The topological polar surface area (TPSA) is 167 Å². The number of hydrogen-bond donors (Lipinski definition) is 3. The first-order valence-electron chi connectivity index (χ1n) is 11.4. The van der Waals surface area contributed by atoms with Crippen LogP contribution < -0.4 is 16.4 Å². The molecule has 37 heavy (non-hydrogen) atoms. The average Bonchev–Trinajstić information content (AvgIpc) is 2.89. The second-order valence-corrected chi connectivity index (χ2v) is 8.23. The molecule has 0 amide bonds. The number of ketones is 1. The molecule has 190 valence electrons. The van der Waals surface area contributed by atoms with Gasteiger partial charge in [0, 0.05) is 56.3 Å². The van der Waals surface area contributed by atoms with E-state index in [2.05, 4.69) is 26.8 Å². The quantitative estimate of drug-likeness (QED) is 0.330. The molecule has 2 aromatic heterocycles. The molecule has 5 N–H and O–H groups in total. The number of fused-ring (bicyclic) bond motifs is 1. The number of carboxylic acids is 1. The standard InChI is InChI=1S/C26H26N6O5/c1-4-32-22-19(20(33)26(37-3,24(34)35)23(32)36-2)18(12-17-14-30-25(28)31-21(17)27)16(13-29-22)11-10-15-8-6-5-7-9-15/h5-9,13-14,23H,4,12H2,1-3H3,(H,34,35)(H4,27,28,30,31). The SMILES string of the molecule is CCN1c2ncc(C#Cc3ccccc3)c(Cc3cnc(N)nc3N)c2C(=O)C(OC)(C(=O)O)C1OC. The Kier molecular flexibility index (Phi) is 7.06. The van der Waals surface area contributed by atoms with Gasteiger partial charge in [-0.25, -0.2) is 14.8 Å². The summed E-state index contributed by atoms with van der Waals surface area (Å²) in [5, 5.41) is 10.2. The van der Waals surface area contributed by atoms with Crippen molar-refractivity contribution in [3.8, 4) is 11.8 Å². The molecule has 2 unspecified atom stereocenters. The van der Waals surface area contributed by atoms with Crippen LogP contribution in [0.15, 0.2) is 42.7 Å². The van der Waals surface area contributed by atoms with Crippen LogP contribution in [0.25, 0.3) is 0 Å². The summed E-state index contributed by atoms with van der Waals surface area (Å²) in [5.74, 6) is 4.22. The first-order valence-corrected chi connectivity index (χ1v) is 11.4. The van der Waals surface area contributed by atoms with E-state index in [1.807, 2.05) is 30.3 Å². The molecule has 2 atom stereocenters. The first-order chi connectivity index (χ1) is 17.8. The van der Waals surface area contributed by atoms with Gasteiger partial charge in [-0.1, -0.05) is 30.0 Å². The van der Waals surface area contributed by atoms with Crippen molar-refractivity contribution in [2.75, 3.05) is 37.1 Å². The number of rotatable bonds is 6. The van der Waals surface area contributed by atoms with Crippen LogP contribution >= 0.6 is 0 Å². The lowest BCUT2D eigenvalue weighted by Crippen LogP contribution is -2.67. The maximum atomic E-state index is 14.0. The van der Waals surface area contributed by atoms with Gasteiger partial charge in [0.2, 0.25) is 11.7 Å². The van der Waals surface area contributed by atoms with E-state index in [4.69, 9.17) is 20.9 Å². The molecule has 3 aromatic rings. The molecule has 0 radical (unpaired) electrons. The lowest BCUT2D eigenvalue weighted by molar-refractivity contribution is -0.171. The van der Waals surface area contributed by atoms with Crippen molar-refractivity contribution in [1.82, 2.24) is 15.0 Å². The fourth-order valence-corrected chi connectivity index (χ4v) is 4.43. The summed E-state index contributed by atoms with van der Waals surface area (Å²) in [6.07, 6.45) is 1.81. The normalized spacial score (nSPS) is 18.6. The Hall–Kier alpha value is -4.53. The third kappa shape index (κ3) is 4.33. The van der Waals surface area contributed by atoms with E-state index in [0.29, 0.717) is 16.7 Å². The number of carboxylic acid groups (broad SMARTS) is 1. The number of Topliss-reactive ketones (excluding diaryl/α,β-unsaturated/α-hetero) is 1. The molecule has 4 rings (SSSR count). The number of likely N-dealkylation sites (N-methyl/N-ethyl adjacent to an activating group) is 1. The Morgan fingerprint density at radius 2 is 1.89 bits per heavy atom. The Bertz CT molecular complexity index is 1420. The number of aromatic nitrogens is 3. The summed E-state index contributed by atoms with van der Waals surface area (Å²) in [6, 6.07) is 9.28.